The molecule has 146 valence electrons. The molecule has 28 heavy (non-hydrogen) atoms. The first-order valence-electron chi connectivity index (χ1n) is 8.58. The Morgan fingerprint density at radius 2 is 2.04 bits per heavy atom. The van der Waals surface area contributed by atoms with Crippen molar-refractivity contribution >= 4 is 11.5 Å². The van der Waals surface area contributed by atoms with Gasteiger partial charge in [0.2, 0.25) is 0 Å². The van der Waals surface area contributed by atoms with E-state index in [0.717, 1.165) is 17.8 Å². The van der Waals surface area contributed by atoms with Crippen LogP contribution in [-0.2, 0) is 11.4 Å². The van der Waals surface area contributed by atoms with Gasteiger partial charge in [-0.25, -0.2) is 8.78 Å². The molecular weight excluding hydrogens is 368 g/mol. The van der Waals surface area contributed by atoms with E-state index in [-0.39, 0.29) is 29.4 Å². The van der Waals surface area contributed by atoms with E-state index in [4.69, 9.17) is 4.74 Å². The maximum absolute atomic E-state index is 13.7. The first-order chi connectivity index (χ1) is 13.3. The molecular formula is C20H19F2N3O3. The maximum Gasteiger partial charge on any atom is 0.258 e. The number of dihydropyridines is 1. The van der Waals surface area contributed by atoms with Gasteiger partial charge in [0, 0.05) is 30.1 Å². The van der Waals surface area contributed by atoms with Crippen LogP contribution in [0.2, 0.25) is 0 Å². The standard InChI is InChI=1S/C20H19F2N3O3/c1-11-8-23-17(13(3)26)7-19(11)25-12(2)4-15(6-20(25)27)28-10-18-16(22)5-14(21)9-24-18/h4-9,17,23H,10H2,1-3H3. The molecule has 1 unspecified atom stereocenters. The van der Waals surface area contributed by atoms with E-state index in [1.54, 1.807) is 25.3 Å². The third kappa shape index (κ3) is 4.00. The summed E-state index contributed by atoms with van der Waals surface area (Å²) in [5.74, 6) is -1.42. The Morgan fingerprint density at radius 1 is 1.29 bits per heavy atom. The van der Waals surface area contributed by atoms with Crippen molar-refractivity contribution in [2.75, 3.05) is 0 Å². The van der Waals surface area contributed by atoms with Gasteiger partial charge in [0.15, 0.2) is 11.6 Å². The Labute approximate surface area is 160 Å². The van der Waals surface area contributed by atoms with Crippen LogP contribution in [0.1, 0.15) is 25.2 Å². The summed E-state index contributed by atoms with van der Waals surface area (Å²) in [5, 5.41) is 2.97. The average molecular weight is 387 g/mol. The number of ether oxygens (including phenoxy) is 1. The number of nitrogens with zero attached hydrogens (tertiary/aromatic N) is 2. The van der Waals surface area contributed by atoms with Crippen LogP contribution in [0, 0.1) is 18.6 Å². The quantitative estimate of drug-likeness (QED) is 0.854. The summed E-state index contributed by atoms with van der Waals surface area (Å²) in [4.78, 5) is 28.0. The zero-order valence-corrected chi connectivity index (χ0v) is 15.6. The van der Waals surface area contributed by atoms with Gasteiger partial charge >= 0.3 is 0 Å². The van der Waals surface area contributed by atoms with E-state index in [9.17, 15) is 18.4 Å². The topological polar surface area (TPSA) is 73.2 Å². The van der Waals surface area contributed by atoms with Crippen molar-refractivity contribution in [2.24, 2.45) is 0 Å². The molecule has 3 rings (SSSR count). The molecule has 1 aliphatic rings. The van der Waals surface area contributed by atoms with Crippen LogP contribution in [0.3, 0.4) is 0 Å². The Kier molecular flexibility index (Phi) is 5.39. The summed E-state index contributed by atoms with van der Waals surface area (Å²) in [5.41, 5.74) is 1.57. The lowest BCUT2D eigenvalue weighted by atomic mass is 10.0. The van der Waals surface area contributed by atoms with E-state index < -0.39 is 17.7 Å². The average Bonchev–Trinajstić information content (AvgIpc) is 2.61. The number of hydrogen-bond acceptors (Lipinski definition) is 5. The molecule has 0 radical (unpaired) electrons. The molecule has 0 bridgehead atoms. The zero-order chi connectivity index (χ0) is 20.4. The van der Waals surface area contributed by atoms with Crippen LogP contribution < -0.4 is 15.6 Å². The van der Waals surface area contributed by atoms with Crippen LogP contribution in [0.4, 0.5) is 8.78 Å². The van der Waals surface area contributed by atoms with Crippen molar-refractivity contribution in [3.63, 3.8) is 0 Å². The van der Waals surface area contributed by atoms with Crippen molar-refractivity contribution in [1.29, 1.82) is 0 Å². The van der Waals surface area contributed by atoms with E-state index in [1.807, 2.05) is 6.92 Å². The number of carbonyl (C=O) groups excluding carboxylic acids is 1. The third-order valence-corrected chi connectivity index (χ3v) is 4.34. The van der Waals surface area contributed by atoms with Crippen molar-refractivity contribution in [2.45, 2.75) is 33.4 Å². The minimum absolute atomic E-state index is 0.0626. The molecule has 6 nitrogen and oxygen atoms in total. The number of hydrogen-bond donors (Lipinski definition) is 1. The molecule has 8 heteroatoms. The number of aromatic nitrogens is 2. The van der Waals surface area contributed by atoms with Crippen molar-refractivity contribution in [1.82, 2.24) is 14.9 Å². The molecule has 3 heterocycles. The summed E-state index contributed by atoms with van der Waals surface area (Å²) in [6, 6.07) is 3.11. The predicted octanol–water partition coefficient (Wildman–Crippen LogP) is 2.71. The molecule has 1 atom stereocenters. The summed E-state index contributed by atoms with van der Waals surface area (Å²) < 4.78 is 33.5. The van der Waals surface area contributed by atoms with Gasteiger partial charge < -0.3 is 10.1 Å². The molecule has 2 aromatic rings. The van der Waals surface area contributed by atoms with Crippen LogP contribution >= 0.6 is 0 Å². The van der Waals surface area contributed by atoms with E-state index in [2.05, 4.69) is 10.3 Å². The van der Waals surface area contributed by atoms with Gasteiger partial charge in [0.05, 0.1) is 11.9 Å². The maximum atomic E-state index is 13.7. The molecule has 2 aromatic heterocycles. The number of rotatable bonds is 5. The lowest BCUT2D eigenvalue weighted by Crippen LogP contribution is -2.34. The van der Waals surface area contributed by atoms with Crippen molar-refractivity contribution in [3.05, 3.63) is 75.6 Å². The summed E-state index contributed by atoms with van der Waals surface area (Å²) in [6.45, 7) is 4.78. The SMILES string of the molecule is CC(=O)C1C=C(n2c(C)cc(OCc3ncc(F)cc3F)cc2=O)C(C)=CN1. The van der Waals surface area contributed by atoms with Crippen molar-refractivity contribution < 1.29 is 18.3 Å². The first kappa shape index (κ1) is 19.5. The highest BCUT2D eigenvalue weighted by atomic mass is 19.1. The molecule has 1 aliphatic heterocycles. The highest BCUT2D eigenvalue weighted by molar-refractivity contribution is 5.87. The minimum atomic E-state index is -0.819. The van der Waals surface area contributed by atoms with Gasteiger partial charge in [-0.1, -0.05) is 0 Å². The fourth-order valence-electron chi connectivity index (χ4n) is 2.88. The molecule has 0 saturated heterocycles. The second kappa shape index (κ2) is 7.75. The molecule has 0 saturated carbocycles. The van der Waals surface area contributed by atoms with Gasteiger partial charge in [-0.15, -0.1) is 0 Å². The van der Waals surface area contributed by atoms with Gasteiger partial charge in [-0.3, -0.25) is 19.1 Å². The second-order valence-electron chi connectivity index (χ2n) is 6.51. The Morgan fingerprint density at radius 3 is 2.68 bits per heavy atom. The second-order valence-corrected chi connectivity index (χ2v) is 6.51. The van der Waals surface area contributed by atoms with Crippen LogP contribution in [0.25, 0.3) is 5.70 Å². The van der Waals surface area contributed by atoms with E-state index in [0.29, 0.717) is 11.4 Å². The smallest absolute Gasteiger partial charge is 0.258 e. The molecule has 0 spiro atoms. The fourth-order valence-corrected chi connectivity index (χ4v) is 2.88. The van der Waals surface area contributed by atoms with Gasteiger partial charge in [0.25, 0.3) is 5.56 Å². The molecule has 1 N–H and O–H groups in total. The minimum Gasteiger partial charge on any atom is -0.487 e. The third-order valence-electron chi connectivity index (χ3n) is 4.34. The Balaban J connectivity index is 1.88. The van der Waals surface area contributed by atoms with Crippen LogP contribution in [-0.4, -0.2) is 21.4 Å². The monoisotopic (exact) mass is 387 g/mol. The molecule has 0 amide bonds. The lowest BCUT2D eigenvalue weighted by Gasteiger charge is -2.23. The molecule has 0 fully saturated rings. The number of pyridine rings is 2. The number of carbonyl (C=O) groups is 1. The number of nitrogens with one attached hydrogen (secondary N) is 1. The van der Waals surface area contributed by atoms with E-state index in [1.165, 1.54) is 17.6 Å². The predicted molar refractivity (Wildman–Crippen MR) is 99.6 cm³/mol. The number of allylic oxidation sites excluding steroid dienone is 2. The van der Waals surface area contributed by atoms with Gasteiger partial charge in [0.1, 0.15) is 29.9 Å². The zero-order valence-electron chi connectivity index (χ0n) is 15.6. The largest absolute Gasteiger partial charge is 0.487 e. The Bertz CT molecular complexity index is 1060. The first-order valence-corrected chi connectivity index (χ1v) is 8.58. The van der Waals surface area contributed by atoms with Crippen LogP contribution in [0.15, 0.2) is 47.0 Å². The summed E-state index contributed by atoms with van der Waals surface area (Å²) >= 11 is 0. The molecule has 0 aliphatic carbocycles. The number of aryl methyl sites for hydroxylation is 1. The fraction of sp³-hybridized carbons (Fsp3) is 0.250. The van der Waals surface area contributed by atoms with Gasteiger partial charge in [-0.05, 0) is 32.4 Å². The number of ketones is 1. The number of halogens is 2. The normalized spacial score (nSPS) is 16.1. The summed E-state index contributed by atoms with van der Waals surface area (Å²) in [6.07, 6.45) is 4.29. The lowest BCUT2D eigenvalue weighted by molar-refractivity contribution is -0.117. The van der Waals surface area contributed by atoms with Crippen LogP contribution in [0.5, 0.6) is 5.75 Å². The highest BCUT2D eigenvalue weighted by Crippen LogP contribution is 2.22. The van der Waals surface area contributed by atoms with Crippen molar-refractivity contribution in [3.8, 4) is 5.75 Å². The van der Waals surface area contributed by atoms with E-state index >= 15 is 0 Å². The highest BCUT2D eigenvalue weighted by Gasteiger charge is 2.19. The summed E-state index contributed by atoms with van der Waals surface area (Å²) in [7, 11) is 0. The Hall–Kier alpha value is -3.29. The number of Topliss-reactive ketones (excluding diaryl/α,β-unsaturated/α-hetero) is 1. The van der Waals surface area contributed by atoms with Gasteiger partial charge in [-0.2, -0.15) is 0 Å². The molecule has 0 aromatic carbocycles.